The number of nitrogens with zero attached hydrogens (tertiary/aromatic N) is 2. The molecule has 0 radical (unpaired) electrons. The highest BCUT2D eigenvalue weighted by Gasteiger charge is 2.31. The molecule has 0 aromatic heterocycles. The summed E-state index contributed by atoms with van der Waals surface area (Å²) in [6.07, 6.45) is 2.07. The van der Waals surface area contributed by atoms with Crippen molar-refractivity contribution in [1.29, 1.82) is 0 Å². The molecule has 0 aliphatic heterocycles. The van der Waals surface area contributed by atoms with Crippen LogP contribution in [0.4, 0.5) is 5.69 Å². The van der Waals surface area contributed by atoms with Gasteiger partial charge in [0.2, 0.25) is 21.8 Å². The number of sulfonamides is 1. The molecule has 1 unspecified atom stereocenters. The standard InChI is InChI=1S/C24H33N3O4S/c1-6-21(24(29)25-4)26(16-15-20-12-8-7-9-13-20)23(28)17-27(32(5,30)31)22-14-10-11-18(2)19(22)3/h7-14,21H,6,15-17H2,1-5H3,(H,25,29). The molecule has 32 heavy (non-hydrogen) atoms. The van der Waals surface area contributed by atoms with E-state index in [4.69, 9.17) is 0 Å². The van der Waals surface area contributed by atoms with Gasteiger partial charge in [0.1, 0.15) is 12.6 Å². The van der Waals surface area contributed by atoms with Crippen molar-refractivity contribution >= 4 is 27.5 Å². The van der Waals surface area contributed by atoms with Crippen molar-refractivity contribution in [1.82, 2.24) is 10.2 Å². The first-order chi connectivity index (χ1) is 15.1. The van der Waals surface area contributed by atoms with Gasteiger partial charge in [-0.15, -0.1) is 0 Å². The van der Waals surface area contributed by atoms with Crippen LogP contribution in [-0.4, -0.2) is 57.6 Å². The van der Waals surface area contributed by atoms with E-state index in [-0.39, 0.29) is 12.5 Å². The van der Waals surface area contributed by atoms with Crippen molar-refractivity contribution in [2.75, 3.05) is 30.7 Å². The van der Waals surface area contributed by atoms with Gasteiger partial charge < -0.3 is 10.2 Å². The second-order valence-corrected chi connectivity index (χ2v) is 9.76. The average Bonchev–Trinajstić information content (AvgIpc) is 2.76. The van der Waals surface area contributed by atoms with Crippen molar-refractivity contribution in [2.24, 2.45) is 0 Å². The van der Waals surface area contributed by atoms with Crippen LogP contribution in [0.5, 0.6) is 0 Å². The Morgan fingerprint density at radius 2 is 1.69 bits per heavy atom. The van der Waals surface area contributed by atoms with Crippen LogP contribution in [0, 0.1) is 13.8 Å². The molecule has 0 saturated heterocycles. The van der Waals surface area contributed by atoms with Crippen LogP contribution in [0.1, 0.15) is 30.0 Å². The fourth-order valence-electron chi connectivity index (χ4n) is 3.66. The largest absolute Gasteiger partial charge is 0.357 e. The minimum absolute atomic E-state index is 0.272. The molecule has 2 amide bonds. The van der Waals surface area contributed by atoms with Gasteiger partial charge in [0, 0.05) is 13.6 Å². The number of anilines is 1. The van der Waals surface area contributed by atoms with Gasteiger partial charge in [-0.1, -0.05) is 49.4 Å². The van der Waals surface area contributed by atoms with Gasteiger partial charge in [-0.05, 0) is 49.4 Å². The number of carbonyl (C=O) groups is 2. The fourth-order valence-corrected chi connectivity index (χ4v) is 4.56. The molecule has 0 aliphatic carbocycles. The van der Waals surface area contributed by atoms with Crippen molar-refractivity contribution in [3.63, 3.8) is 0 Å². The number of benzene rings is 2. The fraction of sp³-hybridized carbons (Fsp3) is 0.417. The maximum absolute atomic E-state index is 13.5. The SMILES string of the molecule is CCC(C(=O)NC)N(CCc1ccccc1)C(=O)CN(c1cccc(C)c1C)S(C)(=O)=O. The molecule has 174 valence electrons. The van der Waals surface area contributed by atoms with Gasteiger partial charge in [-0.25, -0.2) is 8.42 Å². The summed E-state index contributed by atoms with van der Waals surface area (Å²) < 4.78 is 26.4. The third kappa shape index (κ3) is 6.32. The minimum atomic E-state index is -3.73. The van der Waals surface area contributed by atoms with Crippen molar-refractivity contribution in [3.8, 4) is 0 Å². The second kappa shape index (κ2) is 11.1. The lowest BCUT2D eigenvalue weighted by molar-refractivity contribution is -0.139. The third-order valence-corrected chi connectivity index (χ3v) is 6.77. The molecule has 8 heteroatoms. The van der Waals surface area contributed by atoms with Gasteiger partial charge in [0.05, 0.1) is 11.9 Å². The molecular weight excluding hydrogens is 426 g/mol. The summed E-state index contributed by atoms with van der Waals surface area (Å²) in [6, 6.07) is 14.4. The Hall–Kier alpha value is -2.87. The van der Waals surface area contributed by atoms with Crippen LogP contribution in [-0.2, 0) is 26.0 Å². The van der Waals surface area contributed by atoms with Gasteiger partial charge >= 0.3 is 0 Å². The summed E-state index contributed by atoms with van der Waals surface area (Å²) in [5.74, 6) is -0.686. The Labute approximate surface area is 191 Å². The Morgan fingerprint density at radius 1 is 1.03 bits per heavy atom. The Bertz CT molecular complexity index is 1040. The topological polar surface area (TPSA) is 86.8 Å². The average molecular weight is 460 g/mol. The summed E-state index contributed by atoms with van der Waals surface area (Å²) in [4.78, 5) is 27.5. The zero-order valence-corrected chi connectivity index (χ0v) is 20.3. The van der Waals surface area contributed by atoms with Crippen LogP contribution >= 0.6 is 0 Å². The van der Waals surface area contributed by atoms with E-state index in [2.05, 4.69) is 5.32 Å². The molecule has 0 bridgehead atoms. The third-order valence-electron chi connectivity index (χ3n) is 5.64. The highest BCUT2D eigenvalue weighted by Crippen LogP contribution is 2.25. The van der Waals surface area contributed by atoms with E-state index in [0.29, 0.717) is 25.1 Å². The Kier molecular flexibility index (Phi) is 8.83. The summed E-state index contributed by atoms with van der Waals surface area (Å²) in [5, 5.41) is 2.62. The summed E-state index contributed by atoms with van der Waals surface area (Å²) in [6.45, 7) is 5.50. The van der Waals surface area contributed by atoms with E-state index in [1.807, 2.05) is 57.2 Å². The lowest BCUT2D eigenvalue weighted by Gasteiger charge is -2.33. The van der Waals surface area contributed by atoms with Crippen LogP contribution in [0.2, 0.25) is 0 Å². The molecule has 2 aromatic carbocycles. The van der Waals surface area contributed by atoms with Gasteiger partial charge in [-0.3, -0.25) is 13.9 Å². The lowest BCUT2D eigenvalue weighted by Crippen LogP contribution is -2.52. The van der Waals surface area contributed by atoms with E-state index in [0.717, 1.165) is 27.3 Å². The molecule has 0 fully saturated rings. The second-order valence-electron chi connectivity index (χ2n) is 7.85. The number of hydrogen-bond acceptors (Lipinski definition) is 4. The zero-order chi connectivity index (χ0) is 23.9. The van der Waals surface area contributed by atoms with E-state index >= 15 is 0 Å². The Morgan fingerprint density at radius 3 is 2.25 bits per heavy atom. The predicted octanol–water partition coefficient (Wildman–Crippen LogP) is 2.67. The van der Waals surface area contributed by atoms with Crippen LogP contribution < -0.4 is 9.62 Å². The van der Waals surface area contributed by atoms with Crippen molar-refractivity contribution in [2.45, 2.75) is 39.7 Å². The molecular formula is C24H33N3O4S. The number of aryl methyl sites for hydroxylation is 1. The van der Waals surface area contributed by atoms with Gasteiger partial charge in [-0.2, -0.15) is 0 Å². The van der Waals surface area contributed by atoms with E-state index in [1.165, 1.54) is 11.9 Å². The van der Waals surface area contributed by atoms with Gasteiger partial charge in [0.15, 0.2) is 0 Å². The first-order valence-electron chi connectivity index (χ1n) is 10.7. The van der Waals surface area contributed by atoms with Crippen LogP contribution in [0.25, 0.3) is 0 Å². The molecule has 0 spiro atoms. The van der Waals surface area contributed by atoms with E-state index in [9.17, 15) is 18.0 Å². The smallest absolute Gasteiger partial charge is 0.244 e. The van der Waals surface area contributed by atoms with E-state index < -0.39 is 22.0 Å². The minimum Gasteiger partial charge on any atom is -0.357 e. The highest BCUT2D eigenvalue weighted by atomic mass is 32.2. The number of rotatable bonds is 10. The molecule has 0 saturated carbocycles. The molecule has 0 heterocycles. The quantitative estimate of drug-likeness (QED) is 0.592. The Balaban J connectivity index is 2.38. The summed E-state index contributed by atoms with van der Waals surface area (Å²) in [7, 11) is -2.19. The van der Waals surface area contributed by atoms with Crippen LogP contribution in [0.3, 0.4) is 0 Å². The predicted molar refractivity (Wildman–Crippen MR) is 128 cm³/mol. The normalized spacial score (nSPS) is 12.2. The maximum Gasteiger partial charge on any atom is 0.244 e. The molecule has 0 aliphatic rings. The first kappa shape index (κ1) is 25.4. The number of nitrogens with one attached hydrogen (secondary N) is 1. The first-order valence-corrected chi connectivity index (χ1v) is 12.5. The van der Waals surface area contributed by atoms with Crippen LogP contribution in [0.15, 0.2) is 48.5 Å². The molecule has 1 N–H and O–H groups in total. The summed E-state index contributed by atoms with van der Waals surface area (Å²) >= 11 is 0. The highest BCUT2D eigenvalue weighted by molar-refractivity contribution is 7.92. The van der Waals surface area contributed by atoms with Crippen molar-refractivity contribution in [3.05, 3.63) is 65.2 Å². The molecule has 1 atom stereocenters. The van der Waals surface area contributed by atoms with E-state index in [1.54, 1.807) is 12.1 Å². The number of likely N-dealkylation sites (N-methyl/N-ethyl adjacent to an activating group) is 1. The molecule has 2 aromatic rings. The number of hydrogen-bond donors (Lipinski definition) is 1. The van der Waals surface area contributed by atoms with Gasteiger partial charge in [0.25, 0.3) is 0 Å². The number of amides is 2. The lowest BCUT2D eigenvalue weighted by atomic mass is 10.1. The summed E-state index contributed by atoms with van der Waals surface area (Å²) in [5.41, 5.74) is 3.23. The maximum atomic E-state index is 13.5. The monoisotopic (exact) mass is 459 g/mol. The molecule has 7 nitrogen and oxygen atoms in total. The molecule has 2 rings (SSSR count). The van der Waals surface area contributed by atoms with Crippen molar-refractivity contribution < 1.29 is 18.0 Å². The zero-order valence-electron chi connectivity index (χ0n) is 19.5. The number of carbonyl (C=O) groups excluding carboxylic acids is 2.